The molecule has 1 amide bonds. The summed E-state index contributed by atoms with van der Waals surface area (Å²) in [4.78, 5) is 32.2. The molecule has 33 heavy (non-hydrogen) atoms. The Morgan fingerprint density at radius 3 is 2.39 bits per heavy atom. The van der Waals surface area contributed by atoms with Gasteiger partial charge in [-0.3, -0.25) is 4.79 Å². The number of carbonyl (C=O) groups excluding carboxylic acids is 2. The summed E-state index contributed by atoms with van der Waals surface area (Å²) in [7, 11) is 2.96. The van der Waals surface area contributed by atoms with Crippen LogP contribution in [0, 0.1) is 6.92 Å². The molecule has 1 atom stereocenters. The fourth-order valence-corrected chi connectivity index (χ4v) is 4.81. The van der Waals surface area contributed by atoms with E-state index < -0.39 is 12.0 Å². The maximum absolute atomic E-state index is 12.9. The number of esters is 1. The third-order valence-corrected chi connectivity index (χ3v) is 6.40. The van der Waals surface area contributed by atoms with Crippen molar-refractivity contribution in [3.63, 3.8) is 0 Å². The molecule has 2 aromatic carbocycles. The van der Waals surface area contributed by atoms with Crippen LogP contribution in [0.3, 0.4) is 0 Å². The molecule has 8 heteroatoms. The molecule has 0 saturated carbocycles. The number of anilines is 1. The summed E-state index contributed by atoms with van der Waals surface area (Å²) in [5, 5.41) is 5.57. The van der Waals surface area contributed by atoms with Gasteiger partial charge in [-0.2, -0.15) is 0 Å². The van der Waals surface area contributed by atoms with Gasteiger partial charge in [0.1, 0.15) is 5.75 Å². The van der Waals surface area contributed by atoms with Crippen LogP contribution < -0.4 is 10.1 Å². The molecule has 0 radical (unpaired) electrons. The first kappa shape index (κ1) is 22.7. The fourth-order valence-electron chi connectivity index (χ4n) is 3.85. The van der Waals surface area contributed by atoms with Crippen LogP contribution in [0.2, 0.25) is 0 Å². The predicted molar refractivity (Wildman–Crippen MR) is 130 cm³/mol. The molecule has 2 aliphatic rings. The van der Waals surface area contributed by atoms with Crippen molar-refractivity contribution < 1.29 is 19.1 Å². The monoisotopic (exact) mass is 463 g/mol. The number of hydrogen-bond donors (Lipinski definition) is 1. The maximum Gasteiger partial charge on any atom is 0.338 e. The van der Waals surface area contributed by atoms with Gasteiger partial charge in [-0.05, 0) is 49.1 Å². The highest BCUT2D eigenvalue weighted by molar-refractivity contribution is 8.16. The third-order valence-electron chi connectivity index (χ3n) is 5.51. The van der Waals surface area contributed by atoms with Crippen LogP contribution in [0.25, 0.3) is 0 Å². The molecule has 170 valence electrons. The maximum atomic E-state index is 12.9. The quantitative estimate of drug-likeness (QED) is 0.621. The summed E-state index contributed by atoms with van der Waals surface area (Å²) in [6.07, 6.45) is 0.133. The molecule has 0 spiro atoms. The summed E-state index contributed by atoms with van der Waals surface area (Å²) >= 11 is 1.45. The first-order valence-corrected chi connectivity index (χ1v) is 11.3. The van der Waals surface area contributed by atoms with Crippen molar-refractivity contribution in [3.05, 3.63) is 82.0 Å². The van der Waals surface area contributed by atoms with Crippen molar-refractivity contribution in [1.82, 2.24) is 4.90 Å². The van der Waals surface area contributed by atoms with E-state index in [0.29, 0.717) is 17.0 Å². The van der Waals surface area contributed by atoms with Crippen LogP contribution in [-0.4, -0.2) is 36.2 Å². The Kier molecular flexibility index (Phi) is 6.55. The van der Waals surface area contributed by atoms with E-state index in [1.807, 2.05) is 48.4 Å². The lowest BCUT2D eigenvalue weighted by Gasteiger charge is -2.36. The van der Waals surface area contributed by atoms with Gasteiger partial charge >= 0.3 is 5.97 Å². The second-order valence-electron chi connectivity index (χ2n) is 7.75. The zero-order chi connectivity index (χ0) is 23.5. The highest BCUT2D eigenvalue weighted by atomic mass is 32.2. The fraction of sp³-hybridized carbons (Fsp3) is 0.240. The number of benzene rings is 2. The van der Waals surface area contributed by atoms with E-state index in [1.54, 1.807) is 31.4 Å². The largest absolute Gasteiger partial charge is 0.497 e. The van der Waals surface area contributed by atoms with Crippen molar-refractivity contribution in [2.45, 2.75) is 26.3 Å². The van der Waals surface area contributed by atoms with Crippen molar-refractivity contribution in [3.8, 4) is 5.75 Å². The van der Waals surface area contributed by atoms with Crippen molar-refractivity contribution in [1.29, 1.82) is 0 Å². The Morgan fingerprint density at radius 1 is 1.06 bits per heavy atom. The zero-order valence-electron chi connectivity index (χ0n) is 18.9. The summed E-state index contributed by atoms with van der Waals surface area (Å²) in [5.74, 6) is 0.122. The first-order valence-electron chi connectivity index (χ1n) is 10.4. The van der Waals surface area contributed by atoms with Gasteiger partial charge in [0.2, 0.25) is 5.91 Å². The number of amides is 1. The van der Waals surface area contributed by atoms with Crippen LogP contribution in [0.1, 0.15) is 30.5 Å². The number of nitrogens with zero attached hydrogens (tertiary/aromatic N) is 2. The number of amidine groups is 1. The minimum Gasteiger partial charge on any atom is -0.497 e. The van der Waals surface area contributed by atoms with Gasteiger partial charge in [0.15, 0.2) is 5.17 Å². The second-order valence-corrected chi connectivity index (χ2v) is 8.59. The van der Waals surface area contributed by atoms with Crippen molar-refractivity contribution in [2.75, 3.05) is 19.5 Å². The van der Waals surface area contributed by atoms with E-state index in [2.05, 4.69) is 10.3 Å². The van der Waals surface area contributed by atoms with E-state index in [-0.39, 0.29) is 12.3 Å². The molecule has 1 N–H and O–H groups in total. The molecule has 2 aliphatic heterocycles. The number of aliphatic imine (C=N–C) groups is 1. The molecular weight excluding hydrogens is 438 g/mol. The molecule has 0 aromatic heterocycles. The number of nitrogens with one attached hydrogen (secondary N) is 1. The highest BCUT2D eigenvalue weighted by Gasteiger charge is 2.40. The average molecular weight is 464 g/mol. The minimum atomic E-state index is -0.431. The van der Waals surface area contributed by atoms with Crippen molar-refractivity contribution in [2.24, 2.45) is 4.99 Å². The summed E-state index contributed by atoms with van der Waals surface area (Å²) < 4.78 is 10.3. The van der Waals surface area contributed by atoms with Crippen LogP contribution in [0.5, 0.6) is 5.75 Å². The Bertz CT molecular complexity index is 1170. The van der Waals surface area contributed by atoms with Crippen LogP contribution >= 0.6 is 11.8 Å². The molecule has 4 rings (SSSR count). The first-order chi connectivity index (χ1) is 15.9. The van der Waals surface area contributed by atoms with E-state index in [1.165, 1.54) is 18.9 Å². The van der Waals surface area contributed by atoms with Crippen LogP contribution in [-0.2, 0) is 14.3 Å². The minimum absolute atomic E-state index is 0.133. The number of hydrogen-bond acceptors (Lipinski definition) is 7. The van der Waals surface area contributed by atoms with E-state index in [9.17, 15) is 9.59 Å². The smallest absolute Gasteiger partial charge is 0.338 e. The van der Waals surface area contributed by atoms with Gasteiger partial charge in [0, 0.05) is 11.4 Å². The number of fused-ring (bicyclic) bond motifs is 1. The van der Waals surface area contributed by atoms with Gasteiger partial charge < -0.3 is 19.7 Å². The number of methoxy groups -OCH3 is 2. The highest BCUT2D eigenvalue weighted by Crippen LogP contribution is 2.44. The number of aryl methyl sites for hydroxylation is 1. The van der Waals surface area contributed by atoms with E-state index in [4.69, 9.17) is 9.47 Å². The summed E-state index contributed by atoms with van der Waals surface area (Å²) in [5.41, 5.74) is 4.58. The van der Waals surface area contributed by atoms with Crippen molar-refractivity contribution >= 4 is 34.5 Å². The number of carbonyl (C=O) groups is 2. The van der Waals surface area contributed by atoms with E-state index >= 15 is 0 Å². The van der Waals surface area contributed by atoms with Gasteiger partial charge in [0.05, 0.1) is 38.0 Å². The van der Waals surface area contributed by atoms with E-state index in [0.717, 1.165) is 27.7 Å². The molecule has 0 fully saturated rings. The molecule has 0 saturated heterocycles. The molecule has 2 heterocycles. The standard InChI is InChI=1S/C25H25N3O4S/c1-15-5-7-17(8-6-15)23-22(24(30)32-4)16(2)26-25-28(23)19(14-33-25)13-21(29)27-18-9-11-20(31-3)12-10-18/h5-12,14,23H,13H2,1-4H3,(H,27,29)/t23-/m0/s1. The number of rotatable bonds is 6. The normalized spacial score (nSPS) is 17.2. The topological polar surface area (TPSA) is 80.2 Å². The molecule has 7 nitrogen and oxygen atoms in total. The van der Waals surface area contributed by atoms with Crippen LogP contribution in [0.15, 0.2) is 75.9 Å². The second kappa shape index (κ2) is 9.54. The Morgan fingerprint density at radius 2 is 1.76 bits per heavy atom. The number of thioether (sulfide) groups is 1. The van der Waals surface area contributed by atoms with Gasteiger partial charge in [-0.1, -0.05) is 41.6 Å². The molecule has 0 bridgehead atoms. The lowest BCUT2D eigenvalue weighted by Crippen LogP contribution is -2.37. The molecule has 0 aliphatic carbocycles. The molecular formula is C25H25N3O4S. The van der Waals surface area contributed by atoms with Gasteiger partial charge in [0.25, 0.3) is 0 Å². The van der Waals surface area contributed by atoms with Crippen LogP contribution in [0.4, 0.5) is 5.69 Å². The third kappa shape index (κ3) is 4.66. The average Bonchev–Trinajstić information content (AvgIpc) is 3.20. The molecule has 2 aromatic rings. The SMILES string of the molecule is COC(=O)C1=C(C)N=C2SC=C(CC(=O)Nc3ccc(OC)cc3)N2[C@H]1c1ccc(C)cc1. The number of allylic oxidation sites excluding steroid dienone is 1. The summed E-state index contributed by atoms with van der Waals surface area (Å²) in [6, 6.07) is 14.7. The summed E-state index contributed by atoms with van der Waals surface area (Å²) in [6.45, 7) is 3.83. The Balaban J connectivity index is 1.62. The zero-order valence-corrected chi connectivity index (χ0v) is 19.7. The Hall–Kier alpha value is -3.52. The number of ether oxygens (including phenoxy) is 2. The lowest BCUT2D eigenvalue weighted by molar-refractivity contribution is -0.136. The predicted octanol–water partition coefficient (Wildman–Crippen LogP) is 4.78. The Labute approximate surface area is 197 Å². The van der Waals surface area contributed by atoms with Gasteiger partial charge in [-0.15, -0.1) is 0 Å². The lowest BCUT2D eigenvalue weighted by atomic mass is 9.93. The molecule has 0 unspecified atom stereocenters. The van der Waals surface area contributed by atoms with Gasteiger partial charge in [-0.25, -0.2) is 9.79 Å².